The fourth-order valence-electron chi connectivity index (χ4n) is 3.74. The van der Waals surface area contributed by atoms with E-state index in [0.29, 0.717) is 44.2 Å². The van der Waals surface area contributed by atoms with E-state index in [-0.39, 0.29) is 4.90 Å². The predicted octanol–water partition coefficient (Wildman–Crippen LogP) is 4.51. The van der Waals surface area contributed by atoms with E-state index >= 15 is 0 Å². The summed E-state index contributed by atoms with van der Waals surface area (Å²) in [6, 6.07) is 18.5. The van der Waals surface area contributed by atoms with Crippen LogP contribution >= 0.6 is 23.2 Å². The highest BCUT2D eigenvalue weighted by atomic mass is 35.5. The molecule has 0 atom stereocenters. The van der Waals surface area contributed by atoms with Crippen molar-refractivity contribution < 1.29 is 8.42 Å². The first-order chi connectivity index (χ1) is 17.1. The second-order valence-corrected chi connectivity index (χ2v) is 10.4. The lowest BCUT2D eigenvalue weighted by Crippen LogP contribution is -2.14. The molecular weight excluding hydrogens is 521 g/mol. The van der Waals surface area contributed by atoms with E-state index in [9.17, 15) is 8.42 Å². The number of nitrogens with zero attached hydrogens (tertiary/aromatic N) is 4. The second kappa shape index (κ2) is 8.99. The van der Waals surface area contributed by atoms with E-state index in [1.54, 1.807) is 59.5 Å². The minimum atomic E-state index is -4.00. The third-order valence-electron chi connectivity index (χ3n) is 5.49. The van der Waals surface area contributed by atoms with E-state index < -0.39 is 10.0 Å². The molecule has 0 saturated heterocycles. The van der Waals surface area contributed by atoms with E-state index in [0.717, 1.165) is 11.1 Å². The molecule has 36 heavy (non-hydrogen) atoms. The number of halogens is 2. The highest BCUT2D eigenvalue weighted by Crippen LogP contribution is 2.31. The minimum Gasteiger partial charge on any atom is -0.396 e. The molecule has 5 aromatic rings. The maximum atomic E-state index is 12.1. The van der Waals surface area contributed by atoms with Crippen LogP contribution in [-0.2, 0) is 10.0 Å². The van der Waals surface area contributed by atoms with Gasteiger partial charge in [-0.05, 0) is 42.5 Å². The van der Waals surface area contributed by atoms with Gasteiger partial charge in [-0.15, -0.1) is 0 Å². The summed E-state index contributed by atoms with van der Waals surface area (Å²) < 4.78 is 27.3. The normalized spacial score (nSPS) is 11.6. The van der Waals surface area contributed by atoms with Crippen molar-refractivity contribution in [3.05, 3.63) is 89.2 Å². The standard InChI is InChI=1S/C24H19Cl2N7O2S/c25-16-5-1-14(2-6-16)23-19(27)12-32(30-23)21-10-9-18(36(29,34)35)11-22(21)33-13-20(28)24(31-33)15-3-7-17(26)8-4-15/h1-13H,27-28H2,(H2,29,34,35). The summed E-state index contributed by atoms with van der Waals surface area (Å²) in [6.45, 7) is 0. The molecular formula is C24H19Cl2N7O2S. The fourth-order valence-corrected chi connectivity index (χ4v) is 4.53. The van der Waals surface area contributed by atoms with Gasteiger partial charge in [0.2, 0.25) is 10.0 Å². The molecule has 0 radical (unpaired) electrons. The van der Waals surface area contributed by atoms with Gasteiger partial charge in [-0.1, -0.05) is 47.5 Å². The zero-order chi connectivity index (χ0) is 25.6. The van der Waals surface area contributed by atoms with Gasteiger partial charge in [0, 0.05) is 21.2 Å². The van der Waals surface area contributed by atoms with Crippen LogP contribution in [0.5, 0.6) is 0 Å². The van der Waals surface area contributed by atoms with Crippen molar-refractivity contribution in [1.82, 2.24) is 19.6 Å². The smallest absolute Gasteiger partial charge is 0.238 e. The number of nitrogens with two attached hydrogens (primary N) is 3. The van der Waals surface area contributed by atoms with Crippen LogP contribution in [0.3, 0.4) is 0 Å². The summed E-state index contributed by atoms with van der Waals surface area (Å²) in [5.74, 6) is 0. The number of hydrogen-bond acceptors (Lipinski definition) is 6. The van der Waals surface area contributed by atoms with Crippen molar-refractivity contribution in [1.29, 1.82) is 0 Å². The number of hydrogen-bond donors (Lipinski definition) is 3. The zero-order valence-corrected chi connectivity index (χ0v) is 20.8. The SMILES string of the molecule is Nc1cn(-c2ccc(S(N)(=O)=O)cc2-n2cc(N)c(-c3ccc(Cl)cc3)n2)nc1-c1ccc(Cl)cc1. The van der Waals surface area contributed by atoms with Gasteiger partial charge in [-0.2, -0.15) is 10.2 Å². The van der Waals surface area contributed by atoms with Crippen LogP contribution in [0.1, 0.15) is 0 Å². The topological polar surface area (TPSA) is 148 Å². The fraction of sp³-hybridized carbons (Fsp3) is 0. The first-order valence-corrected chi connectivity index (χ1v) is 12.8. The predicted molar refractivity (Wildman–Crippen MR) is 142 cm³/mol. The number of nitrogen functional groups attached to an aromatic ring is 2. The third-order valence-corrected chi connectivity index (χ3v) is 6.90. The Morgan fingerprint density at radius 1 is 0.667 bits per heavy atom. The molecule has 0 aliphatic heterocycles. The Labute approximate surface area is 216 Å². The highest BCUT2D eigenvalue weighted by Gasteiger charge is 2.19. The van der Waals surface area contributed by atoms with Crippen LogP contribution in [-0.4, -0.2) is 28.0 Å². The summed E-state index contributed by atoms with van der Waals surface area (Å²) in [6.07, 6.45) is 3.22. The van der Waals surface area contributed by atoms with Gasteiger partial charge in [-0.25, -0.2) is 22.9 Å². The number of aromatic nitrogens is 4. The quantitative estimate of drug-likeness (QED) is 0.299. The summed E-state index contributed by atoms with van der Waals surface area (Å²) in [4.78, 5) is -0.0959. The van der Waals surface area contributed by atoms with Gasteiger partial charge in [0.05, 0.1) is 40.0 Å². The van der Waals surface area contributed by atoms with Crippen LogP contribution in [0.15, 0.2) is 84.0 Å². The Bertz CT molecular complexity index is 1690. The molecule has 182 valence electrons. The Balaban J connectivity index is 1.67. The summed E-state index contributed by atoms with van der Waals surface area (Å²) in [5, 5.41) is 15.8. The average Bonchev–Trinajstić information content (AvgIpc) is 3.42. The number of rotatable bonds is 5. The largest absolute Gasteiger partial charge is 0.396 e. The van der Waals surface area contributed by atoms with E-state index in [1.807, 2.05) is 12.1 Å². The third kappa shape index (κ3) is 4.54. The molecule has 2 aromatic heterocycles. The molecule has 12 heteroatoms. The van der Waals surface area contributed by atoms with Crippen molar-refractivity contribution in [2.75, 3.05) is 11.5 Å². The molecule has 0 fully saturated rings. The lowest BCUT2D eigenvalue weighted by atomic mass is 10.1. The molecule has 0 aliphatic carbocycles. The second-order valence-electron chi connectivity index (χ2n) is 7.96. The molecule has 0 amide bonds. The van der Waals surface area contributed by atoms with Crippen LogP contribution < -0.4 is 16.6 Å². The molecule has 0 aliphatic rings. The van der Waals surface area contributed by atoms with Crippen molar-refractivity contribution in [2.45, 2.75) is 4.90 Å². The summed E-state index contributed by atoms with van der Waals surface area (Å²) in [5.41, 5.74) is 16.8. The first-order valence-electron chi connectivity index (χ1n) is 10.5. The monoisotopic (exact) mass is 539 g/mol. The minimum absolute atomic E-state index is 0.0959. The average molecular weight is 540 g/mol. The molecule has 0 saturated carbocycles. The molecule has 0 spiro atoms. The van der Waals surface area contributed by atoms with Crippen molar-refractivity contribution in [2.24, 2.45) is 5.14 Å². The van der Waals surface area contributed by atoms with Gasteiger partial charge in [0.25, 0.3) is 0 Å². The van der Waals surface area contributed by atoms with Gasteiger partial charge in [0.1, 0.15) is 11.4 Å². The van der Waals surface area contributed by atoms with Gasteiger partial charge in [0.15, 0.2) is 0 Å². The number of anilines is 2. The van der Waals surface area contributed by atoms with E-state index in [1.165, 1.54) is 16.8 Å². The lowest BCUT2D eigenvalue weighted by Gasteiger charge is -2.11. The molecule has 6 N–H and O–H groups in total. The van der Waals surface area contributed by atoms with E-state index in [2.05, 4.69) is 10.2 Å². The maximum Gasteiger partial charge on any atom is 0.238 e. The Morgan fingerprint density at radius 2 is 1.11 bits per heavy atom. The Kier molecular flexibility index (Phi) is 5.97. The molecule has 9 nitrogen and oxygen atoms in total. The van der Waals surface area contributed by atoms with Crippen molar-refractivity contribution in [3.63, 3.8) is 0 Å². The van der Waals surface area contributed by atoms with Gasteiger partial charge >= 0.3 is 0 Å². The molecule has 5 rings (SSSR count). The number of benzene rings is 3. The first kappa shape index (κ1) is 23.9. The molecule has 3 aromatic carbocycles. The Hall–Kier alpha value is -3.83. The summed E-state index contributed by atoms with van der Waals surface area (Å²) in [7, 11) is -4.00. The molecule has 2 heterocycles. The van der Waals surface area contributed by atoms with Crippen LogP contribution in [0, 0.1) is 0 Å². The van der Waals surface area contributed by atoms with Crippen LogP contribution in [0.4, 0.5) is 11.4 Å². The van der Waals surface area contributed by atoms with Crippen molar-refractivity contribution in [3.8, 4) is 33.9 Å². The Morgan fingerprint density at radius 3 is 1.56 bits per heavy atom. The highest BCUT2D eigenvalue weighted by molar-refractivity contribution is 7.89. The van der Waals surface area contributed by atoms with Crippen molar-refractivity contribution >= 4 is 44.6 Å². The van der Waals surface area contributed by atoms with Crippen LogP contribution in [0.25, 0.3) is 33.9 Å². The molecule has 0 bridgehead atoms. The van der Waals surface area contributed by atoms with E-state index in [4.69, 9.17) is 39.8 Å². The lowest BCUT2D eigenvalue weighted by molar-refractivity contribution is 0.597. The zero-order valence-electron chi connectivity index (χ0n) is 18.5. The van der Waals surface area contributed by atoms with Crippen LogP contribution in [0.2, 0.25) is 10.0 Å². The summed E-state index contributed by atoms with van der Waals surface area (Å²) >= 11 is 12.0. The van der Waals surface area contributed by atoms with Gasteiger partial charge in [-0.3, -0.25) is 0 Å². The molecule has 0 unspecified atom stereocenters. The maximum absolute atomic E-state index is 12.1. The number of sulfonamides is 1. The number of primary sulfonamides is 1. The van der Waals surface area contributed by atoms with Gasteiger partial charge < -0.3 is 11.5 Å².